The summed E-state index contributed by atoms with van der Waals surface area (Å²) in [6.45, 7) is 6.69. The molecule has 1 aliphatic rings. The van der Waals surface area contributed by atoms with Gasteiger partial charge in [-0.1, -0.05) is 81.1 Å². The third-order valence-corrected chi connectivity index (χ3v) is 5.10. The molecule has 2 aromatic rings. The van der Waals surface area contributed by atoms with Gasteiger partial charge in [0, 0.05) is 5.41 Å². The zero-order chi connectivity index (χ0) is 14.2. The third-order valence-electron chi connectivity index (χ3n) is 3.41. The van der Waals surface area contributed by atoms with Crippen LogP contribution >= 0.6 is 11.8 Å². The van der Waals surface area contributed by atoms with Crippen molar-refractivity contribution < 1.29 is 0 Å². The van der Waals surface area contributed by atoms with Crippen LogP contribution in [0.1, 0.15) is 37.1 Å². The fourth-order valence-corrected chi connectivity index (χ4v) is 3.69. The van der Waals surface area contributed by atoms with Gasteiger partial charge in [0.05, 0.1) is 16.0 Å². The van der Waals surface area contributed by atoms with Gasteiger partial charge in [0.2, 0.25) is 0 Å². The molecule has 1 heterocycles. The van der Waals surface area contributed by atoms with Crippen LogP contribution in [-0.4, -0.2) is 5.04 Å². The first-order valence-electron chi connectivity index (χ1n) is 6.95. The predicted molar refractivity (Wildman–Crippen MR) is 88.9 cm³/mol. The SMILES string of the molecule is CC(C)(C)C1=Nc2ccccc2C(c2ccccc2)S1. The lowest BCUT2D eigenvalue weighted by Gasteiger charge is -2.30. The molecule has 1 atom stereocenters. The Labute approximate surface area is 125 Å². The smallest absolute Gasteiger partial charge is 0.0801 e. The van der Waals surface area contributed by atoms with Crippen LogP contribution in [0.4, 0.5) is 5.69 Å². The summed E-state index contributed by atoms with van der Waals surface area (Å²) in [6, 6.07) is 19.2. The molecule has 0 saturated heterocycles. The highest BCUT2D eigenvalue weighted by molar-refractivity contribution is 8.14. The second-order valence-corrected chi connectivity index (χ2v) is 7.23. The largest absolute Gasteiger partial charge is 0.246 e. The number of aliphatic imine (C=N–C) groups is 1. The van der Waals surface area contributed by atoms with Crippen molar-refractivity contribution in [2.45, 2.75) is 26.0 Å². The highest BCUT2D eigenvalue weighted by atomic mass is 32.2. The van der Waals surface area contributed by atoms with E-state index in [1.54, 1.807) is 0 Å². The lowest BCUT2D eigenvalue weighted by Crippen LogP contribution is -2.20. The summed E-state index contributed by atoms with van der Waals surface area (Å²) < 4.78 is 0. The van der Waals surface area contributed by atoms with Crippen LogP contribution in [0.15, 0.2) is 59.6 Å². The number of fused-ring (bicyclic) bond motifs is 1. The maximum Gasteiger partial charge on any atom is 0.0801 e. The maximum absolute atomic E-state index is 4.87. The van der Waals surface area contributed by atoms with E-state index in [4.69, 9.17) is 4.99 Å². The van der Waals surface area contributed by atoms with Crippen molar-refractivity contribution in [3.63, 3.8) is 0 Å². The first-order chi connectivity index (χ1) is 9.55. The first-order valence-corrected chi connectivity index (χ1v) is 7.83. The number of hydrogen-bond donors (Lipinski definition) is 0. The van der Waals surface area contributed by atoms with E-state index >= 15 is 0 Å². The summed E-state index contributed by atoms with van der Waals surface area (Å²) in [5.74, 6) is 0. The molecule has 1 nitrogen and oxygen atoms in total. The van der Waals surface area contributed by atoms with Gasteiger partial charge in [0.15, 0.2) is 0 Å². The van der Waals surface area contributed by atoms with E-state index in [0.717, 1.165) is 5.69 Å². The topological polar surface area (TPSA) is 12.4 Å². The van der Waals surface area contributed by atoms with Gasteiger partial charge < -0.3 is 0 Å². The minimum absolute atomic E-state index is 0.0885. The van der Waals surface area contributed by atoms with Crippen molar-refractivity contribution in [3.05, 3.63) is 65.7 Å². The number of para-hydroxylation sites is 1. The Bertz CT molecular complexity index is 638. The van der Waals surface area contributed by atoms with Crippen LogP contribution in [0.2, 0.25) is 0 Å². The molecule has 3 rings (SSSR count). The first kappa shape index (κ1) is 13.4. The van der Waals surface area contributed by atoms with E-state index in [9.17, 15) is 0 Å². The lowest BCUT2D eigenvalue weighted by atomic mass is 9.97. The van der Waals surface area contributed by atoms with E-state index < -0.39 is 0 Å². The van der Waals surface area contributed by atoms with Gasteiger partial charge in [-0.25, -0.2) is 4.99 Å². The Hall–Kier alpha value is -1.54. The molecule has 0 bridgehead atoms. The van der Waals surface area contributed by atoms with Crippen LogP contribution in [0, 0.1) is 5.41 Å². The molecule has 0 aromatic heterocycles. The van der Waals surface area contributed by atoms with Crippen LogP contribution in [0.3, 0.4) is 0 Å². The van der Waals surface area contributed by atoms with Gasteiger partial charge >= 0.3 is 0 Å². The van der Waals surface area contributed by atoms with Crippen LogP contribution in [0.5, 0.6) is 0 Å². The lowest BCUT2D eigenvalue weighted by molar-refractivity contribution is 0.601. The van der Waals surface area contributed by atoms with E-state index in [-0.39, 0.29) is 5.41 Å². The third kappa shape index (κ3) is 2.53. The highest BCUT2D eigenvalue weighted by Crippen LogP contribution is 2.48. The molecule has 1 aliphatic heterocycles. The van der Waals surface area contributed by atoms with E-state index in [2.05, 4.69) is 75.4 Å². The van der Waals surface area contributed by atoms with Crippen LogP contribution in [-0.2, 0) is 0 Å². The fraction of sp³-hybridized carbons (Fsp3) is 0.278. The van der Waals surface area contributed by atoms with Crippen molar-refractivity contribution in [1.82, 2.24) is 0 Å². The molecule has 1 unspecified atom stereocenters. The Kier molecular flexibility index (Phi) is 3.43. The molecule has 0 spiro atoms. The average molecular weight is 281 g/mol. The number of hydrogen-bond acceptors (Lipinski definition) is 2. The molecule has 102 valence electrons. The van der Waals surface area contributed by atoms with Crippen molar-refractivity contribution in [2.75, 3.05) is 0 Å². The van der Waals surface area contributed by atoms with Crippen molar-refractivity contribution >= 4 is 22.5 Å². The standard InChI is InChI=1S/C18H19NS/c1-18(2,3)17-19-15-12-8-7-11-14(15)16(20-17)13-9-5-4-6-10-13/h4-12,16H,1-3H3. The summed E-state index contributed by atoms with van der Waals surface area (Å²) in [4.78, 5) is 4.87. The van der Waals surface area contributed by atoms with E-state index in [0.29, 0.717) is 5.25 Å². The Morgan fingerprint density at radius 1 is 0.900 bits per heavy atom. The molecular formula is C18H19NS. The fourth-order valence-electron chi connectivity index (χ4n) is 2.34. The van der Waals surface area contributed by atoms with Crippen LogP contribution in [0.25, 0.3) is 0 Å². The van der Waals surface area contributed by atoms with E-state index in [1.807, 2.05) is 11.8 Å². The summed E-state index contributed by atoms with van der Waals surface area (Å²) >= 11 is 1.88. The van der Waals surface area contributed by atoms with Gasteiger partial charge in [0.1, 0.15) is 0 Å². The molecule has 0 aliphatic carbocycles. The monoisotopic (exact) mass is 281 g/mol. The second kappa shape index (κ2) is 5.10. The normalized spacial score (nSPS) is 18.4. The number of nitrogens with zero attached hydrogens (tertiary/aromatic N) is 1. The maximum atomic E-state index is 4.87. The minimum Gasteiger partial charge on any atom is -0.246 e. The number of benzene rings is 2. The van der Waals surface area contributed by atoms with Gasteiger partial charge in [-0.2, -0.15) is 0 Å². The molecule has 0 saturated carbocycles. The minimum atomic E-state index is 0.0885. The second-order valence-electron chi connectivity index (χ2n) is 6.13. The van der Waals surface area contributed by atoms with Gasteiger partial charge in [-0.05, 0) is 17.2 Å². The molecule has 20 heavy (non-hydrogen) atoms. The van der Waals surface area contributed by atoms with Crippen molar-refractivity contribution in [2.24, 2.45) is 10.4 Å². The van der Waals surface area contributed by atoms with E-state index in [1.165, 1.54) is 16.2 Å². The summed E-state index contributed by atoms with van der Waals surface area (Å²) in [6.07, 6.45) is 0. The molecule has 0 N–H and O–H groups in total. The van der Waals surface area contributed by atoms with Crippen molar-refractivity contribution in [3.8, 4) is 0 Å². The van der Waals surface area contributed by atoms with Crippen molar-refractivity contribution in [1.29, 1.82) is 0 Å². The molecule has 0 amide bonds. The quantitative estimate of drug-likeness (QED) is 0.663. The summed E-state index contributed by atoms with van der Waals surface area (Å²) in [5, 5.41) is 1.56. The molecule has 0 fully saturated rings. The Morgan fingerprint density at radius 3 is 2.25 bits per heavy atom. The molecule has 2 heteroatoms. The predicted octanol–water partition coefficient (Wildman–Crippen LogP) is 5.60. The zero-order valence-corrected chi connectivity index (χ0v) is 12.9. The summed E-state index contributed by atoms with van der Waals surface area (Å²) in [7, 11) is 0. The average Bonchev–Trinajstić information content (AvgIpc) is 2.46. The number of thioether (sulfide) groups is 1. The molecular weight excluding hydrogens is 262 g/mol. The highest BCUT2D eigenvalue weighted by Gasteiger charge is 2.30. The van der Waals surface area contributed by atoms with Gasteiger partial charge in [-0.15, -0.1) is 0 Å². The zero-order valence-electron chi connectivity index (χ0n) is 12.1. The Morgan fingerprint density at radius 2 is 1.55 bits per heavy atom. The van der Waals surface area contributed by atoms with Gasteiger partial charge in [-0.3, -0.25) is 0 Å². The summed E-state index contributed by atoms with van der Waals surface area (Å²) in [5.41, 5.74) is 3.87. The Balaban J connectivity index is 2.11. The molecule has 0 radical (unpaired) electrons. The van der Waals surface area contributed by atoms with Crippen LogP contribution < -0.4 is 0 Å². The molecule has 2 aromatic carbocycles. The van der Waals surface area contributed by atoms with Gasteiger partial charge in [0.25, 0.3) is 0 Å². The number of rotatable bonds is 1.